The van der Waals surface area contributed by atoms with Crippen molar-refractivity contribution >= 4 is 21.9 Å². The third-order valence-corrected chi connectivity index (χ3v) is 6.26. The van der Waals surface area contributed by atoms with E-state index in [1.807, 2.05) is 12.1 Å². The van der Waals surface area contributed by atoms with Crippen molar-refractivity contribution < 1.29 is 22.7 Å². The Balaban J connectivity index is 2.01. The van der Waals surface area contributed by atoms with Gasteiger partial charge in [0.15, 0.2) is 6.61 Å². The predicted molar refractivity (Wildman–Crippen MR) is 97.1 cm³/mol. The molecule has 1 aliphatic rings. The molecule has 144 valence electrons. The lowest BCUT2D eigenvalue weighted by molar-refractivity contribution is -0.150. The third-order valence-electron chi connectivity index (χ3n) is 4.35. The molecule has 26 heavy (non-hydrogen) atoms. The van der Waals surface area contributed by atoms with Gasteiger partial charge in [-0.25, -0.2) is 8.42 Å². The number of nitrogens with zero attached hydrogens (tertiary/aromatic N) is 2. The molecular weight excluding hydrogens is 356 g/mol. The Bertz CT molecular complexity index is 758. The molecule has 1 amide bonds. The minimum atomic E-state index is -3.59. The number of hydrogen-bond acceptors (Lipinski definition) is 5. The molecule has 0 aliphatic carbocycles. The van der Waals surface area contributed by atoms with Crippen LogP contribution in [0.5, 0.6) is 0 Å². The van der Waals surface area contributed by atoms with E-state index in [4.69, 9.17) is 4.74 Å². The van der Waals surface area contributed by atoms with Crippen molar-refractivity contribution in [2.75, 3.05) is 32.8 Å². The van der Waals surface area contributed by atoms with E-state index in [9.17, 15) is 18.0 Å². The van der Waals surface area contributed by atoms with Gasteiger partial charge in [0.25, 0.3) is 5.91 Å². The summed E-state index contributed by atoms with van der Waals surface area (Å²) in [6.07, 6.45) is 0. The number of rotatable bonds is 4. The lowest BCUT2D eigenvalue weighted by Gasteiger charge is -2.34. The SMILES string of the molecule is CC(=O)OCC(=O)N1CCN(S(=O)(=O)c2ccc(C(C)(C)C)cc2)CC1. The van der Waals surface area contributed by atoms with Gasteiger partial charge in [-0.05, 0) is 23.1 Å². The monoisotopic (exact) mass is 382 g/mol. The van der Waals surface area contributed by atoms with Crippen LogP contribution in [0.15, 0.2) is 29.2 Å². The van der Waals surface area contributed by atoms with E-state index in [1.54, 1.807) is 12.1 Å². The Kier molecular flexibility index (Phi) is 6.08. The van der Waals surface area contributed by atoms with Crippen LogP contribution in [0.2, 0.25) is 0 Å². The van der Waals surface area contributed by atoms with E-state index in [2.05, 4.69) is 20.8 Å². The molecule has 7 nitrogen and oxygen atoms in total. The Morgan fingerprint density at radius 3 is 2.04 bits per heavy atom. The molecule has 0 saturated carbocycles. The van der Waals surface area contributed by atoms with Gasteiger partial charge in [0.2, 0.25) is 10.0 Å². The number of esters is 1. The molecule has 1 aromatic rings. The van der Waals surface area contributed by atoms with E-state index in [-0.39, 0.29) is 49.0 Å². The molecule has 1 heterocycles. The minimum absolute atomic E-state index is 0.0454. The molecule has 1 saturated heterocycles. The normalized spacial score (nSPS) is 16.4. The van der Waals surface area contributed by atoms with Crippen LogP contribution >= 0.6 is 0 Å². The van der Waals surface area contributed by atoms with Crippen molar-refractivity contribution in [3.63, 3.8) is 0 Å². The van der Waals surface area contributed by atoms with Crippen molar-refractivity contribution in [3.05, 3.63) is 29.8 Å². The molecule has 0 aromatic heterocycles. The van der Waals surface area contributed by atoms with Crippen molar-refractivity contribution in [1.82, 2.24) is 9.21 Å². The molecule has 1 fully saturated rings. The van der Waals surface area contributed by atoms with Gasteiger partial charge < -0.3 is 9.64 Å². The largest absolute Gasteiger partial charge is 0.456 e. The third kappa shape index (κ3) is 4.82. The summed E-state index contributed by atoms with van der Waals surface area (Å²) in [6, 6.07) is 6.94. The van der Waals surface area contributed by atoms with Crippen LogP contribution in [0.3, 0.4) is 0 Å². The first-order valence-corrected chi connectivity index (χ1v) is 9.97. The zero-order chi connectivity index (χ0) is 19.5. The molecule has 8 heteroatoms. The fraction of sp³-hybridized carbons (Fsp3) is 0.556. The maximum absolute atomic E-state index is 12.8. The van der Waals surface area contributed by atoms with Crippen LogP contribution in [-0.4, -0.2) is 62.3 Å². The topological polar surface area (TPSA) is 84.0 Å². The number of piperazine rings is 1. The fourth-order valence-electron chi connectivity index (χ4n) is 2.71. The van der Waals surface area contributed by atoms with Crippen molar-refractivity contribution in [2.45, 2.75) is 38.0 Å². The van der Waals surface area contributed by atoms with Gasteiger partial charge in [-0.1, -0.05) is 32.9 Å². The van der Waals surface area contributed by atoms with E-state index in [0.717, 1.165) is 5.56 Å². The molecule has 0 bridgehead atoms. The zero-order valence-electron chi connectivity index (χ0n) is 15.7. The Morgan fingerprint density at radius 2 is 1.58 bits per heavy atom. The second-order valence-corrected chi connectivity index (χ2v) is 9.28. The predicted octanol–water partition coefficient (Wildman–Crippen LogP) is 1.38. The maximum Gasteiger partial charge on any atom is 0.303 e. The average Bonchev–Trinajstić information content (AvgIpc) is 2.59. The molecule has 0 unspecified atom stereocenters. The van der Waals surface area contributed by atoms with Gasteiger partial charge >= 0.3 is 5.97 Å². The van der Waals surface area contributed by atoms with Crippen LogP contribution in [0, 0.1) is 0 Å². The molecule has 2 rings (SSSR count). The molecule has 0 spiro atoms. The number of ether oxygens (including phenoxy) is 1. The highest BCUT2D eigenvalue weighted by Gasteiger charge is 2.30. The van der Waals surface area contributed by atoms with Crippen LogP contribution in [0.4, 0.5) is 0 Å². The minimum Gasteiger partial charge on any atom is -0.456 e. The number of carbonyl (C=O) groups is 2. The Morgan fingerprint density at radius 1 is 1.04 bits per heavy atom. The van der Waals surface area contributed by atoms with Gasteiger partial charge in [-0.2, -0.15) is 4.31 Å². The van der Waals surface area contributed by atoms with E-state index >= 15 is 0 Å². The number of sulfonamides is 1. The van der Waals surface area contributed by atoms with E-state index < -0.39 is 16.0 Å². The quantitative estimate of drug-likeness (QED) is 0.735. The van der Waals surface area contributed by atoms with Gasteiger partial charge in [-0.15, -0.1) is 0 Å². The molecular formula is C18H26N2O5S. The summed E-state index contributed by atoms with van der Waals surface area (Å²) in [4.78, 5) is 24.5. The van der Waals surface area contributed by atoms with Gasteiger partial charge in [0.05, 0.1) is 4.90 Å². The van der Waals surface area contributed by atoms with Gasteiger partial charge in [0.1, 0.15) is 0 Å². The summed E-state index contributed by atoms with van der Waals surface area (Å²) < 4.78 is 31.7. The highest BCUT2D eigenvalue weighted by atomic mass is 32.2. The van der Waals surface area contributed by atoms with E-state index in [0.29, 0.717) is 0 Å². The summed E-state index contributed by atoms with van der Waals surface area (Å²) in [5, 5.41) is 0. The van der Waals surface area contributed by atoms with Crippen LogP contribution < -0.4 is 0 Å². The maximum atomic E-state index is 12.8. The molecule has 0 radical (unpaired) electrons. The number of carbonyl (C=O) groups excluding carboxylic acids is 2. The smallest absolute Gasteiger partial charge is 0.303 e. The summed E-state index contributed by atoms with van der Waals surface area (Å²) in [5.41, 5.74) is 1.02. The summed E-state index contributed by atoms with van der Waals surface area (Å²) in [7, 11) is -3.59. The van der Waals surface area contributed by atoms with Crippen molar-refractivity contribution in [3.8, 4) is 0 Å². The van der Waals surface area contributed by atoms with Gasteiger partial charge in [-0.3, -0.25) is 9.59 Å². The second kappa shape index (κ2) is 7.75. The molecule has 0 atom stereocenters. The fourth-order valence-corrected chi connectivity index (χ4v) is 4.13. The lowest BCUT2D eigenvalue weighted by atomic mass is 9.87. The average molecular weight is 382 g/mol. The number of benzene rings is 1. The summed E-state index contributed by atoms with van der Waals surface area (Å²) >= 11 is 0. The highest BCUT2D eigenvalue weighted by Crippen LogP contribution is 2.25. The standard InChI is InChI=1S/C18H26N2O5S/c1-14(21)25-13-17(22)19-9-11-20(12-10-19)26(23,24)16-7-5-15(6-8-16)18(2,3)4/h5-8H,9-13H2,1-4H3. The van der Waals surface area contributed by atoms with E-state index in [1.165, 1.54) is 16.1 Å². The van der Waals surface area contributed by atoms with Crippen molar-refractivity contribution in [2.24, 2.45) is 0 Å². The zero-order valence-corrected chi connectivity index (χ0v) is 16.5. The summed E-state index contributed by atoms with van der Waals surface area (Å²) in [6.45, 7) is 8.13. The second-order valence-electron chi connectivity index (χ2n) is 7.34. The molecule has 0 N–H and O–H groups in total. The molecule has 1 aromatic carbocycles. The highest BCUT2D eigenvalue weighted by molar-refractivity contribution is 7.89. The number of hydrogen-bond donors (Lipinski definition) is 0. The first kappa shape index (κ1) is 20.4. The van der Waals surface area contributed by atoms with Crippen LogP contribution in [0.1, 0.15) is 33.3 Å². The van der Waals surface area contributed by atoms with Crippen LogP contribution in [0.25, 0.3) is 0 Å². The Labute approximate surface area is 155 Å². The summed E-state index contributed by atoms with van der Waals surface area (Å²) in [5.74, 6) is -0.829. The lowest BCUT2D eigenvalue weighted by Crippen LogP contribution is -2.51. The number of amides is 1. The molecule has 1 aliphatic heterocycles. The first-order chi connectivity index (χ1) is 12.0. The Hall–Kier alpha value is -1.93. The first-order valence-electron chi connectivity index (χ1n) is 8.53. The van der Waals surface area contributed by atoms with Crippen LogP contribution in [-0.2, 0) is 29.8 Å². The van der Waals surface area contributed by atoms with Crippen molar-refractivity contribution in [1.29, 1.82) is 0 Å². The van der Waals surface area contributed by atoms with Gasteiger partial charge in [0, 0.05) is 33.1 Å².